The van der Waals surface area contributed by atoms with Gasteiger partial charge in [-0.1, -0.05) is 12.1 Å². The molecule has 0 saturated carbocycles. The van der Waals surface area contributed by atoms with Crippen molar-refractivity contribution in [3.8, 4) is 23.0 Å². The van der Waals surface area contributed by atoms with Gasteiger partial charge in [-0.2, -0.15) is 10.4 Å². The highest BCUT2D eigenvalue weighted by Crippen LogP contribution is 2.27. The van der Waals surface area contributed by atoms with Gasteiger partial charge in [0.05, 0.1) is 45.5 Å². The average Bonchev–Trinajstić information content (AvgIpc) is 3.34. The molecule has 2 N–H and O–H groups in total. The van der Waals surface area contributed by atoms with Crippen molar-refractivity contribution in [1.82, 2.24) is 29.7 Å². The van der Waals surface area contributed by atoms with Crippen LogP contribution < -0.4 is 11.2 Å². The van der Waals surface area contributed by atoms with E-state index in [1.807, 2.05) is 6.07 Å². The summed E-state index contributed by atoms with van der Waals surface area (Å²) in [6.07, 6.45) is 4.79. The Morgan fingerprint density at radius 2 is 1.97 bits per heavy atom. The van der Waals surface area contributed by atoms with Crippen LogP contribution in [0.2, 0.25) is 0 Å². The van der Waals surface area contributed by atoms with Gasteiger partial charge in [-0.3, -0.25) is 24.4 Å². The molecule has 0 spiro atoms. The molecule has 9 heteroatoms. The summed E-state index contributed by atoms with van der Waals surface area (Å²) in [7, 11) is 0. The second-order valence-corrected chi connectivity index (χ2v) is 7.95. The molecule has 0 aliphatic rings. The van der Waals surface area contributed by atoms with Gasteiger partial charge in [0.25, 0.3) is 5.56 Å². The maximum absolute atomic E-state index is 13.0. The van der Waals surface area contributed by atoms with Crippen molar-refractivity contribution in [2.75, 3.05) is 0 Å². The second kappa shape index (κ2) is 6.99. The molecule has 0 atom stereocenters. The summed E-state index contributed by atoms with van der Waals surface area (Å²) < 4.78 is 1.41. The maximum atomic E-state index is 13.0. The highest BCUT2D eigenvalue weighted by Gasteiger charge is 2.21. The summed E-state index contributed by atoms with van der Waals surface area (Å²) in [6.45, 7) is 3.61. The van der Waals surface area contributed by atoms with Crippen LogP contribution in [-0.2, 0) is 5.41 Å². The molecule has 5 aromatic rings. The van der Waals surface area contributed by atoms with E-state index >= 15 is 0 Å². The van der Waals surface area contributed by atoms with Gasteiger partial charge < -0.3 is 0 Å². The average molecular weight is 423 g/mol. The van der Waals surface area contributed by atoms with Gasteiger partial charge in [0.1, 0.15) is 5.52 Å². The molecule has 0 radical (unpaired) electrons. The summed E-state index contributed by atoms with van der Waals surface area (Å²) in [6, 6.07) is 13.0. The summed E-state index contributed by atoms with van der Waals surface area (Å²) in [5, 5.41) is 16.5. The molecule has 0 amide bonds. The van der Waals surface area contributed by atoms with Crippen LogP contribution in [0.3, 0.4) is 0 Å². The van der Waals surface area contributed by atoms with Crippen LogP contribution in [0.1, 0.15) is 19.4 Å². The lowest BCUT2D eigenvalue weighted by molar-refractivity contribution is 0.686. The summed E-state index contributed by atoms with van der Waals surface area (Å²) >= 11 is 0. The lowest BCUT2D eigenvalue weighted by Gasteiger charge is -2.18. The number of fused-ring (bicyclic) bond motifs is 3. The molecular formula is C23H17N7O2. The Morgan fingerprint density at radius 1 is 1.12 bits per heavy atom. The smallest absolute Gasteiger partial charge is 0.285 e. The monoisotopic (exact) mass is 423 g/mol. The predicted molar refractivity (Wildman–Crippen MR) is 119 cm³/mol. The first-order valence-corrected chi connectivity index (χ1v) is 9.85. The maximum Gasteiger partial charge on any atom is 0.333 e. The largest absolute Gasteiger partial charge is 0.333 e. The Labute approximate surface area is 181 Å². The van der Waals surface area contributed by atoms with E-state index in [1.54, 1.807) is 56.6 Å². The number of nitrogens with zero attached hydrogens (tertiary/aromatic N) is 5. The van der Waals surface area contributed by atoms with Crippen LogP contribution in [0.25, 0.3) is 38.9 Å². The molecule has 0 bridgehead atoms. The summed E-state index contributed by atoms with van der Waals surface area (Å²) in [5.41, 5.74) is 2.05. The topological polar surface area (TPSA) is 133 Å². The van der Waals surface area contributed by atoms with E-state index in [4.69, 9.17) is 4.98 Å². The van der Waals surface area contributed by atoms with Crippen molar-refractivity contribution in [3.05, 3.63) is 81.4 Å². The molecule has 32 heavy (non-hydrogen) atoms. The Morgan fingerprint density at radius 3 is 2.72 bits per heavy atom. The fraction of sp³-hybridized carbons (Fsp3) is 0.130. The Hall–Kier alpha value is -4.58. The first-order valence-electron chi connectivity index (χ1n) is 9.85. The molecule has 5 rings (SSSR count). The van der Waals surface area contributed by atoms with E-state index in [-0.39, 0.29) is 5.39 Å². The number of hydrogen-bond donors (Lipinski definition) is 2. The normalized spacial score (nSPS) is 11.7. The van der Waals surface area contributed by atoms with E-state index in [2.05, 4.69) is 26.2 Å². The highest BCUT2D eigenvalue weighted by molar-refractivity contribution is 6.01. The zero-order valence-electron chi connectivity index (χ0n) is 17.2. The third kappa shape index (κ3) is 2.97. The Balaban J connectivity index is 1.91. The van der Waals surface area contributed by atoms with Gasteiger partial charge in [-0.05, 0) is 43.7 Å². The van der Waals surface area contributed by atoms with Crippen molar-refractivity contribution in [2.24, 2.45) is 0 Å². The number of aromatic nitrogens is 6. The van der Waals surface area contributed by atoms with Crippen LogP contribution >= 0.6 is 0 Å². The van der Waals surface area contributed by atoms with Crippen molar-refractivity contribution < 1.29 is 0 Å². The van der Waals surface area contributed by atoms with Crippen LogP contribution in [0, 0.1) is 11.3 Å². The molecule has 1 aromatic carbocycles. The van der Waals surface area contributed by atoms with Crippen molar-refractivity contribution in [3.63, 3.8) is 0 Å². The number of nitrogens with one attached hydrogen (secondary N) is 2. The quantitative estimate of drug-likeness (QED) is 0.429. The molecule has 0 fully saturated rings. The number of rotatable bonds is 3. The lowest BCUT2D eigenvalue weighted by Crippen LogP contribution is -2.30. The predicted octanol–water partition coefficient (Wildman–Crippen LogP) is 2.81. The zero-order valence-corrected chi connectivity index (χ0v) is 17.2. The first-order chi connectivity index (χ1) is 15.4. The number of aromatic amines is 2. The zero-order chi connectivity index (χ0) is 22.5. The van der Waals surface area contributed by atoms with Crippen LogP contribution in [0.5, 0.6) is 0 Å². The van der Waals surface area contributed by atoms with Crippen LogP contribution in [-0.4, -0.2) is 29.7 Å². The molecule has 0 aliphatic heterocycles. The van der Waals surface area contributed by atoms with Gasteiger partial charge in [0, 0.05) is 18.0 Å². The molecule has 0 unspecified atom stereocenters. The number of nitriles is 1. The van der Waals surface area contributed by atoms with Gasteiger partial charge in [-0.25, -0.2) is 9.78 Å². The van der Waals surface area contributed by atoms with Gasteiger partial charge in [0.15, 0.2) is 0 Å². The molecule has 156 valence electrons. The van der Waals surface area contributed by atoms with Crippen molar-refractivity contribution in [1.29, 1.82) is 5.26 Å². The van der Waals surface area contributed by atoms with E-state index in [0.717, 1.165) is 11.1 Å². The van der Waals surface area contributed by atoms with Crippen LogP contribution in [0.4, 0.5) is 0 Å². The van der Waals surface area contributed by atoms with E-state index in [1.165, 1.54) is 10.8 Å². The van der Waals surface area contributed by atoms with E-state index < -0.39 is 16.7 Å². The lowest BCUT2D eigenvalue weighted by atomic mass is 9.86. The first kappa shape index (κ1) is 19.4. The minimum absolute atomic E-state index is 0.235. The molecule has 4 aromatic heterocycles. The standard InChI is InChI=1S/C23H17N7O2/c1-23(2,12-24)14-4-3-5-15(8-14)30-20-16(21(31)29-22(30)32)11-25-18-7-6-17(28-19(18)20)13-9-26-27-10-13/h3-11H,1-2H3,(H,26,27)(H,29,31,32). The van der Waals surface area contributed by atoms with Gasteiger partial charge in [0.2, 0.25) is 0 Å². The third-order valence-corrected chi connectivity index (χ3v) is 5.48. The fourth-order valence-electron chi connectivity index (χ4n) is 3.66. The number of pyridine rings is 2. The van der Waals surface area contributed by atoms with E-state index in [0.29, 0.717) is 27.9 Å². The minimum atomic E-state index is -0.756. The molecule has 4 heterocycles. The molecular weight excluding hydrogens is 406 g/mol. The summed E-state index contributed by atoms with van der Waals surface area (Å²) in [5.74, 6) is 0. The van der Waals surface area contributed by atoms with Gasteiger partial charge >= 0.3 is 5.69 Å². The Bertz CT molecular complexity index is 1650. The van der Waals surface area contributed by atoms with Gasteiger partial charge in [-0.15, -0.1) is 0 Å². The number of hydrogen-bond acceptors (Lipinski definition) is 6. The molecule has 0 saturated heterocycles. The Kier molecular flexibility index (Phi) is 4.23. The fourth-order valence-corrected chi connectivity index (χ4v) is 3.66. The van der Waals surface area contributed by atoms with Crippen molar-refractivity contribution >= 4 is 21.9 Å². The molecule has 0 aliphatic carbocycles. The van der Waals surface area contributed by atoms with Crippen molar-refractivity contribution in [2.45, 2.75) is 19.3 Å². The van der Waals surface area contributed by atoms with E-state index in [9.17, 15) is 14.9 Å². The molecule has 9 nitrogen and oxygen atoms in total. The third-order valence-electron chi connectivity index (χ3n) is 5.48. The van der Waals surface area contributed by atoms with Crippen LogP contribution in [0.15, 0.2) is 64.6 Å². The second-order valence-electron chi connectivity index (χ2n) is 7.95. The highest BCUT2D eigenvalue weighted by atomic mass is 16.2. The summed E-state index contributed by atoms with van der Waals surface area (Å²) in [4.78, 5) is 37.1. The number of H-pyrrole nitrogens is 2. The minimum Gasteiger partial charge on any atom is -0.285 e. The SMILES string of the molecule is CC(C)(C#N)c1cccc(-n2c(=O)[nH]c(=O)c3cnc4ccc(-c5cn[nH]c5)nc4c32)c1. The number of benzene rings is 1.